The summed E-state index contributed by atoms with van der Waals surface area (Å²) in [6.45, 7) is 0. The second-order valence-electron chi connectivity index (χ2n) is 3.16. The SMILES string of the molecule is CNC(=O)N(C)c1ccc(C(F)(F)F)cc1. The number of halogens is 3. The van der Waals surface area contributed by atoms with Gasteiger partial charge in [-0.2, -0.15) is 13.2 Å². The summed E-state index contributed by atoms with van der Waals surface area (Å²) in [5.74, 6) is 0. The van der Waals surface area contributed by atoms with E-state index in [1.54, 1.807) is 0 Å². The molecule has 0 radical (unpaired) electrons. The second kappa shape index (κ2) is 4.42. The average molecular weight is 232 g/mol. The van der Waals surface area contributed by atoms with Crippen LogP contribution in [0.4, 0.5) is 23.7 Å². The van der Waals surface area contributed by atoms with Gasteiger partial charge < -0.3 is 5.32 Å². The highest BCUT2D eigenvalue weighted by Gasteiger charge is 2.30. The van der Waals surface area contributed by atoms with Crippen LogP contribution in [0.1, 0.15) is 5.56 Å². The van der Waals surface area contributed by atoms with Crippen molar-refractivity contribution in [3.8, 4) is 0 Å². The van der Waals surface area contributed by atoms with E-state index in [2.05, 4.69) is 5.32 Å². The number of amides is 2. The summed E-state index contributed by atoms with van der Waals surface area (Å²) in [6, 6.07) is 3.99. The molecular weight excluding hydrogens is 221 g/mol. The van der Waals surface area contributed by atoms with E-state index in [0.29, 0.717) is 5.69 Å². The van der Waals surface area contributed by atoms with Gasteiger partial charge in [0.15, 0.2) is 0 Å². The highest BCUT2D eigenvalue weighted by atomic mass is 19.4. The van der Waals surface area contributed by atoms with Crippen LogP contribution < -0.4 is 10.2 Å². The first-order chi connectivity index (χ1) is 7.36. The van der Waals surface area contributed by atoms with Gasteiger partial charge in [-0.15, -0.1) is 0 Å². The zero-order chi connectivity index (χ0) is 12.3. The number of anilines is 1. The molecule has 0 aliphatic rings. The smallest absolute Gasteiger partial charge is 0.341 e. The van der Waals surface area contributed by atoms with Crippen molar-refractivity contribution in [3.05, 3.63) is 29.8 Å². The summed E-state index contributed by atoms with van der Waals surface area (Å²) >= 11 is 0. The molecular formula is C10H11F3N2O. The van der Waals surface area contributed by atoms with Crippen molar-refractivity contribution in [2.45, 2.75) is 6.18 Å². The Morgan fingerprint density at radius 3 is 2.12 bits per heavy atom. The lowest BCUT2D eigenvalue weighted by Crippen LogP contribution is -2.34. The van der Waals surface area contributed by atoms with E-state index in [9.17, 15) is 18.0 Å². The van der Waals surface area contributed by atoms with Gasteiger partial charge in [-0.1, -0.05) is 0 Å². The molecule has 6 heteroatoms. The molecule has 0 fully saturated rings. The zero-order valence-electron chi connectivity index (χ0n) is 8.80. The number of nitrogens with one attached hydrogen (secondary N) is 1. The van der Waals surface area contributed by atoms with E-state index in [1.807, 2.05) is 0 Å². The Balaban J connectivity index is 2.91. The summed E-state index contributed by atoms with van der Waals surface area (Å²) in [6.07, 6.45) is -4.36. The van der Waals surface area contributed by atoms with E-state index in [0.717, 1.165) is 12.1 Å². The number of benzene rings is 1. The maximum Gasteiger partial charge on any atom is 0.416 e. The first-order valence-corrected chi connectivity index (χ1v) is 4.49. The minimum Gasteiger partial charge on any atom is -0.341 e. The molecule has 0 aromatic heterocycles. The van der Waals surface area contributed by atoms with Gasteiger partial charge in [0.25, 0.3) is 0 Å². The van der Waals surface area contributed by atoms with Gasteiger partial charge in [-0.25, -0.2) is 4.79 Å². The van der Waals surface area contributed by atoms with Gasteiger partial charge in [0.05, 0.1) is 5.56 Å². The first-order valence-electron chi connectivity index (χ1n) is 4.49. The van der Waals surface area contributed by atoms with Gasteiger partial charge in [0.1, 0.15) is 0 Å². The number of carbonyl (C=O) groups excluding carboxylic acids is 1. The third-order valence-corrected chi connectivity index (χ3v) is 2.10. The summed E-state index contributed by atoms with van der Waals surface area (Å²) in [7, 11) is 2.92. The molecule has 0 heterocycles. The molecule has 0 bridgehead atoms. The van der Waals surface area contributed by atoms with Crippen molar-refractivity contribution >= 4 is 11.7 Å². The lowest BCUT2D eigenvalue weighted by molar-refractivity contribution is -0.137. The molecule has 1 aromatic carbocycles. The molecule has 0 aliphatic carbocycles. The zero-order valence-corrected chi connectivity index (χ0v) is 8.80. The van der Waals surface area contributed by atoms with Crippen LogP contribution in [0, 0.1) is 0 Å². The third-order valence-electron chi connectivity index (χ3n) is 2.10. The van der Waals surface area contributed by atoms with Crippen LogP contribution in [0.3, 0.4) is 0 Å². The van der Waals surface area contributed by atoms with Crippen molar-refractivity contribution in [1.29, 1.82) is 0 Å². The first kappa shape index (κ1) is 12.4. The molecule has 1 N–H and O–H groups in total. The Kier molecular flexibility index (Phi) is 3.41. The largest absolute Gasteiger partial charge is 0.416 e. The van der Waals surface area contributed by atoms with Crippen LogP contribution in [0.2, 0.25) is 0 Å². The monoisotopic (exact) mass is 232 g/mol. The quantitative estimate of drug-likeness (QED) is 0.792. The molecule has 2 amide bonds. The summed E-state index contributed by atoms with van der Waals surface area (Å²) in [5.41, 5.74) is -0.339. The number of nitrogens with zero attached hydrogens (tertiary/aromatic N) is 1. The maximum absolute atomic E-state index is 12.3. The number of rotatable bonds is 1. The Bertz CT molecular complexity index is 373. The van der Waals surface area contributed by atoms with E-state index in [4.69, 9.17) is 0 Å². The molecule has 1 aromatic rings. The van der Waals surface area contributed by atoms with Crippen molar-refractivity contribution in [1.82, 2.24) is 5.32 Å². The Morgan fingerprint density at radius 2 is 1.75 bits per heavy atom. The van der Waals surface area contributed by atoms with Gasteiger partial charge >= 0.3 is 12.2 Å². The lowest BCUT2D eigenvalue weighted by Gasteiger charge is -2.17. The van der Waals surface area contributed by atoms with E-state index >= 15 is 0 Å². The van der Waals surface area contributed by atoms with Crippen LogP contribution in [-0.2, 0) is 6.18 Å². The third kappa shape index (κ3) is 2.65. The van der Waals surface area contributed by atoms with Crippen LogP contribution >= 0.6 is 0 Å². The van der Waals surface area contributed by atoms with Crippen molar-refractivity contribution < 1.29 is 18.0 Å². The Hall–Kier alpha value is -1.72. The van der Waals surface area contributed by atoms with Crippen molar-refractivity contribution in [2.24, 2.45) is 0 Å². The number of alkyl halides is 3. The van der Waals surface area contributed by atoms with Crippen molar-refractivity contribution in [2.75, 3.05) is 19.0 Å². The molecule has 0 spiro atoms. The van der Waals surface area contributed by atoms with Crippen molar-refractivity contribution in [3.63, 3.8) is 0 Å². The molecule has 0 unspecified atom stereocenters. The fraction of sp³-hybridized carbons (Fsp3) is 0.300. The van der Waals surface area contributed by atoms with Crippen LogP contribution in [-0.4, -0.2) is 20.1 Å². The van der Waals surface area contributed by atoms with Crippen LogP contribution in [0.5, 0.6) is 0 Å². The maximum atomic E-state index is 12.3. The van der Waals surface area contributed by atoms with Gasteiger partial charge in [0, 0.05) is 19.8 Å². The molecule has 0 saturated carbocycles. The van der Waals surface area contributed by atoms with E-state index in [-0.39, 0.29) is 6.03 Å². The van der Waals surface area contributed by atoms with Gasteiger partial charge in [-0.3, -0.25) is 4.90 Å². The minimum atomic E-state index is -4.36. The molecule has 0 atom stereocenters. The van der Waals surface area contributed by atoms with Gasteiger partial charge in [-0.05, 0) is 24.3 Å². The van der Waals surface area contributed by atoms with E-state index < -0.39 is 11.7 Å². The fourth-order valence-corrected chi connectivity index (χ4v) is 1.16. The second-order valence-corrected chi connectivity index (χ2v) is 3.16. The molecule has 0 aliphatic heterocycles. The Morgan fingerprint density at radius 1 is 1.25 bits per heavy atom. The summed E-state index contributed by atoms with van der Waals surface area (Å²) in [4.78, 5) is 12.4. The lowest BCUT2D eigenvalue weighted by atomic mass is 10.2. The molecule has 0 saturated heterocycles. The normalized spacial score (nSPS) is 11.1. The van der Waals surface area contributed by atoms with Crippen LogP contribution in [0.25, 0.3) is 0 Å². The number of hydrogen-bond donors (Lipinski definition) is 1. The molecule has 88 valence electrons. The number of hydrogen-bond acceptors (Lipinski definition) is 1. The Labute approximate surface area is 90.9 Å². The minimum absolute atomic E-state index is 0.389. The summed E-state index contributed by atoms with van der Waals surface area (Å²) in [5, 5.41) is 2.37. The van der Waals surface area contributed by atoms with Crippen LogP contribution in [0.15, 0.2) is 24.3 Å². The highest BCUT2D eigenvalue weighted by molar-refractivity contribution is 5.91. The predicted octanol–water partition coefficient (Wildman–Crippen LogP) is 2.48. The molecule has 3 nitrogen and oxygen atoms in total. The van der Waals surface area contributed by atoms with E-state index in [1.165, 1.54) is 31.1 Å². The molecule has 16 heavy (non-hydrogen) atoms. The summed E-state index contributed by atoms with van der Waals surface area (Å²) < 4.78 is 36.8. The standard InChI is InChI=1S/C10H11F3N2O/c1-14-9(16)15(2)8-5-3-7(4-6-8)10(11,12)13/h3-6H,1-2H3,(H,14,16). The fourth-order valence-electron chi connectivity index (χ4n) is 1.16. The number of urea groups is 1. The topological polar surface area (TPSA) is 32.3 Å². The highest BCUT2D eigenvalue weighted by Crippen LogP contribution is 2.30. The number of carbonyl (C=O) groups is 1. The molecule has 1 rings (SSSR count). The van der Waals surface area contributed by atoms with Gasteiger partial charge in [0.2, 0.25) is 0 Å². The predicted molar refractivity (Wildman–Crippen MR) is 54.3 cm³/mol. The average Bonchev–Trinajstić information content (AvgIpc) is 2.26.